The number of benzene rings is 2. The van der Waals surface area contributed by atoms with Crippen LogP contribution in [0.4, 0.5) is 0 Å². The summed E-state index contributed by atoms with van der Waals surface area (Å²) in [6, 6.07) is 7.60. The third-order valence-electron chi connectivity index (χ3n) is 5.20. The first-order valence-electron chi connectivity index (χ1n) is 8.70. The summed E-state index contributed by atoms with van der Waals surface area (Å²) in [6.45, 7) is 7.51. The third kappa shape index (κ3) is 3.22. The Kier molecular flexibility index (Phi) is 4.66. The van der Waals surface area contributed by atoms with Gasteiger partial charge in [0.2, 0.25) is 0 Å². The third-order valence-corrected chi connectivity index (χ3v) is 5.78. The van der Waals surface area contributed by atoms with Crippen molar-refractivity contribution in [2.24, 2.45) is 0 Å². The van der Waals surface area contributed by atoms with Crippen LogP contribution >= 0.6 is 23.2 Å². The molecule has 27 heavy (non-hydrogen) atoms. The molecule has 3 aromatic rings. The Morgan fingerprint density at radius 2 is 1.85 bits per heavy atom. The molecule has 6 heteroatoms. The predicted molar refractivity (Wildman–Crippen MR) is 108 cm³/mol. The van der Waals surface area contributed by atoms with E-state index in [1.807, 2.05) is 26.0 Å². The molecular weight excluding hydrogens is 385 g/mol. The maximum absolute atomic E-state index is 12.0. The molecule has 1 aliphatic heterocycles. The minimum atomic E-state index is -0.294. The molecular formula is C21H19Cl2NO3. The monoisotopic (exact) mass is 403 g/mol. The number of halogens is 2. The van der Waals surface area contributed by atoms with Crippen LogP contribution in [0.15, 0.2) is 33.5 Å². The molecule has 0 N–H and O–H groups in total. The van der Waals surface area contributed by atoms with Crippen molar-refractivity contribution in [3.05, 3.63) is 72.5 Å². The van der Waals surface area contributed by atoms with Crippen molar-refractivity contribution >= 4 is 34.2 Å². The fourth-order valence-corrected chi connectivity index (χ4v) is 4.01. The van der Waals surface area contributed by atoms with Gasteiger partial charge in [0.15, 0.2) is 0 Å². The molecule has 4 rings (SSSR count). The van der Waals surface area contributed by atoms with Gasteiger partial charge in [-0.1, -0.05) is 29.3 Å². The van der Waals surface area contributed by atoms with E-state index in [4.69, 9.17) is 32.4 Å². The zero-order valence-electron chi connectivity index (χ0n) is 15.4. The standard InChI is InChI=1S/C21H19Cl2NO3/c1-11-12(2)21(25)27-20-13(3)19-15(6-17(11)20)9-24(10-26-19)8-14-4-5-16(22)7-18(14)23/h4-7H,8-10H2,1-3H3. The van der Waals surface area contributed by atoms with Crippen LogP contribution < -0.4 is 10.4 Å². The first-order valence-corrected chi connectivity index (χ1v) is 9.46. The molecule has 0 unspecified atom stereocenters. The molecule has 2 heterocycles. The van der Waals surface area contributed by atoms with Crippen molar-refractivity contribution in [1.29, 1.82) is 0 Å². The molecule has 0 atom stereocenters. The average molecular weight is 404 g/mol. The van der Waals surface area contributed by atoms with Crippen LogP contribution in [0.5, 0.6) is 5.75 Å². The highest BCUT2D eigenvalue weighted by Crippen LogP contribution is 2.36. The Hall–Kier alpha value is -2.01. The van der Waals surface area contributed by atoms with Crippen molar-refractivity contribution in [3.8, 4) is 5.75 Å². The van der Waals surface area contributed by atoms with Gasteiger partial charge in [0.05, 0.1) is 0 Å². The van der Waals surface area contributed by atoms with Gasteiger partial charge in [-0.05, 0) is 50.1 Å². The maximum Gasteiger partial charge on any atom is 0.339 e. The number of ether oxygens (including phenoxy) is 1. The van der Waals surface area contributed by atoms with Crippen LogP contribution in [0.25, 0.3) is 11.0 Å². The quantitative estimate of drug-likeness (QED) is 0.538. The Bertz CT molecular complexity index is 1120. The van der Waals surface area contributed by atoms with Crippen LogP contribution in [-0.4, -0.2) is 11.6 Å². The van der Waals surface area contributed by atoms with E-state index in [1.165, 1.54) is 0 Å². The van der Waals surface area contributed by atoms with Crippen molar-refractivity contribution < 1.29 is 9.15 Å². The van der Waals surface area contributed by atoms with Gasteiger partial charge in [0, 0.05) is 45.2 Å². The Morgan fingerprint density at radius 3 is 2.59 bits per heavy atom. The topological polar surface area (TPSA) is 42.7 Å². The summed E-state index contributed by atoms with van der Waals surface area (Å²) in [5.41, 5.74) is 4.85. The summed E-state index contributed by atoms with van der Waals surface area (Å²) < 4.78 is 11.6. The highest BCUT2D eigenvalue weighted by molar-refractivity contribution is 6.35. The molecule has 0 bridgehead atoms. The first kappa shape index (κ1) is 18.4. The Balaban J connectivity index is 1.72. The molecule has 1 aromatic heterocycles. The zero-order chi connectivity index (χ0) is 19.3. The number of hydrogen-bond acceptors (Lipinski definition) is 4. The van der Waals surface area contributed by atoms with Crippen LogP contribution in [0.3, 0.4) is 0 Å². The Labute approximate surface area is 167 Å². The zero-order valence-corrected chi connectivity index (χ0v) is 16.9. The van der Waals surface area contributed by atoms with E-state index < -0.39 is 0 Å². The second-order valence-corrected chi connectivity index (χ2v) is 7.85. The van der Waals surface area contributed by atoms with E-state index in [9.17, 15) is 4.79 Å². The van der Waals surface area contributed by atoms with Crippen LogP contribution in [0.2, 0.25) is 10.0 Å². The highest BCUT2D eigenvalue weighted by atomic mass is 35.5. The van der Waals surface area contributed by atoms with Gasteiger partial charge in [-0.2, -0.15) is 0 Å². The lowest BCUT2D eigenvalue weighted by Crippen LogP contribution is -2.32. The molecule has 4 nitrogen and oxygen atoms in total. The second-order valence-electron chi connectivity index (χ2n) is 7.00. The average Bonchev–Trinajstić information content (AvgIpc) is 2.63. The minimum absolute atomic E-state index is 0.294. The summed E-state index contributed by atoms with van der Waals surface area (Å²) in [6.07, 6.45) is 0. The van der Waals surface area contributed by atoms with E-state index in [0.29, 0.717) is 34.5 Å². The van der Waals surface area contributed by atoms with E-state index in [-0.39, 0.29) is 5.63 Å². The number of aryl methyl sites for hydroxylation is 2. The van der Waals surface area contributed by atoms with E-state index in [1.54, 1.807) is 13.0 Å². The molecule has 140 valence electrons. The molecule has 0 fully saturated rings. The lowest BCUT2D eigenvalue weighted by atomic mass is 9.99. The smallest absolute Gasteiger partial charge is 0.339 e. The van der Waals surface area contributed by atoms with Crippen molar-refractivity contribution in [3.63, 3.8) is 0 Å². The van der Waals surface area contributed by atoms with Gasteiger partial charge in [0.25, 0.3) is 0 Å². The predicted octanol–water partition coefficient (Wildman–Crippen LogP) is 5.38. The summed E-state index contributed by atoms with van der Waals surface area (Å²) in [5.74, 6) is 0.798. The summed E-state index contributed by atoms with van der Waals surface area (Å²) in [5, 5.41) is 2.23. The Morgan fingerprint density at radius 1 is 1.07 bits per heavy atom. The largest absolute Gasteiger partial charge is 0.477 e. The lowest BCUT2D eigenvalue weighted by molar-refractivity contribution is 0.0881. The fourth-order valence-electron chi connectivity index (χ4n) is 3.54. The molecule has 0 spiro atoms. The van der Waals surface area contributed by atoms with E-state index >= 15 is 0 Å². The SMILES string of the molecule is Cc1c(C)c2cc3c(c(C)c2oc1=O)OCN(Cc1ccc(Cl)cc1Cl)C3. The molecule has 0 radical (unpaired) electrons. The normalized spacial score (nSPS) is 14.3. The van der Waals surface area contributed by atoms with E-state index in [0.717, 1.165) is 39.9 Å². The lowest BCUT2D eigenvalue weighted by Gasteiger charge is -2.30. The van der Waals surface area contributed by atoms with Gasteiger partial charge < -0.3 is 9.15 Å². The van der Waals surface area contributed by atoms with Crippen LogP contribution in [0, 0.1) is 20.8 Å². The fraction of sp³-hybridized carbons (Fsp3) is 0.286. The number of rotatable bonds is 2. The summed E-state index contributed by atoms with van der Waals surface area (Å²) in [4.78, 5) is 14.2. The maximum atomic E-state index is 12.0. The number of nitrogens with zero attached hydrogens (tertiary/aromatic N) is 1. The number of hydrogen-bond donors (Lipinski definition) is 0. The van der Waals surface area contributed by atoms with Crippen molar-refractivity contribution in [2.75, 3.05) is 6.73 Å². The van der Waals surface area contributed by atoms with Crippen LogP contribution in [-0.2, 0) is 13.1 Å². The highest BCUT2D eigenvalue weighted by Gasteiger charge is 2.23. The van der Waals surface area contributed by atoms with Gasteiger partial charge in [0.1, 0.15) is 18.1 Å². The van der Waals surface area contributed by atoms with Gasteiger partial charge in [-0.25, -0.2) is 4.79 Å². The number of fused-ring (bicyclic) bond motifs is 2. The van der Waals surface area contributed by atoms with E-state index in [2.05, 4.69) is 11.0 Å². The molecule has 0 saturated carbocycles. The molecule has 1 aliphatic rings. The first-order chi connectivity index (χ1) is 12.8. The van der Waals surface area contributed by atoms with Crippen molar-refractivity contribution in [1.82, 2.24) is 4.90 Å². The van der Waals surface area contributed by atoms with Crippen LogP contribution in [0.1, 0.15) is 27.8 Å². The molecule has 0 amide bonds. The minimum Gasteiger partial charge on any atom is -0.477 e. The summed E-state index contributed by atoms with van der Waals surface area (Å²) in [7, 11) is 0. The second kappa shape index (κ2) is 6.86. The van der Waals surface area contributed by atoms with Gasteiger partial charge in [-0.15, -0.1) is 0 Å². The molecule has 0 saturated heterocycles. The summed E-state index contributed by atoms with van der Waals surface area (Å²) >= 11 is 12.3. The van der Waals surface area contributed by atoms with Gasteiger partial charge >= 0.3 is 5.63 Å². The molecule has 0 aliphatic carbocycles. The van der Waals surface area contributed by atoms with Gasteiger partial charge in [-0.3, -0.25) is 4.90 Å². The van der Waals surface area contributed by atoms with Crippen molar-refractivity contribution in [2.45, 2.75) is 33.9 Å². The molecule has 2 aromatic carbocycles.